The van der Waals surface area contributed by atoms with E-state index in [1.807, 2.05) is 6.92 Å². The maximum Gasteiger partial charge on any atom is 0.0747 e. The van der Waals surface area contributed by atoms with E-state index in [0.29, 0.717) is 6.10 Å². The SMILES string of the molecule is CO[C@@H](C1CC1)[C@H](C)N. The van der Waals surface area contributed by atoms with Gasteiger partial charge in [0.25, 0.3) is 0 Å². The van der Waals surface area contributed by atoms with Crippen LogP contribution in [0.3, 0.4) is 0 Å². The van der Waals surface area contributed by atoms with Gasteiger partial charge in [0.2, 0.25) is 0 Å². The number of hydrogen-bond acceptors (Lipinski definition) is 2. The lowest BCUT2D eigenvalue weighted by Crippen LogP contribution is -2.34. The van der Waals surface area contributed by atoms with Crippen molar-refractivity contribution in [2.75, 3.05) is 7.11 Å². The van der Waals surface area contributed by atoms with Crippen LogP contribution < -0.4 is 5.73 Å². The van der Waals surface area contributed by atoms with E-state index in [4.69, 9.17) is 10.5 Å². The van der Waals surface area contributed by atoms with Gasteiger partial charge < -0.3 is 10.5 Å². The van der Waals surface area contributed by atoms with Crippen LogP contribution in [0.15, 0.2) is 0 Å². The molecule has 0 unspecified atom stereocenters. The van der Waals surface area contributed by atoms with Gasteiger partial charge in [-0.15, -0.1) is 0 Å². The van der Waals surface area contributed by atoms with Gasteiger partial charge in [-0.3, -0.25) is 0 Å². The summed E-state index contributed by atoms with van der Waals surface area (Å²) in [6, 6.07) is 0.197. The molecular formula is C7H15NO. The van der Waals surface area contributed by atoms with E-state index >= 15 is 0 Å². The molecule has 0 spiro atoms. The molecule has 1 fully saturated rings. The van der Waals surface area contributed by atoms with E-state index in [2.05, 4.69) is 0 Å². The summed E-state index contributed by atoms with van der Waals surface area (Å²) in [4.78, 5) is 0. The number of hydrogen-bond donors (Lipinski definition) is 1. The van der Waals surface area contributed by atoms with Crippen molar-refractivity contribution in [3.8, 4) is 0 Å². The zero-order valence-electron chi connectivity index (χ0n) is 6.13. The summed E-state index contributed by atoms with van der Waals surface area (Å²) in [5, 5.41) is 0. The first-order valence-corrected chi connectivity index (χ1v) is 3.54. The lowest BCUT2D eigenvalue weighted by Gasteiger charge is -2.17. The third-order valence-electron chi connectivity index (χ3n) is 1.88. The molecule has 0 aromatic carbocycles. The summed E-state index contributed by atoms with van der Waals surface area (Å²) < 4.78 is 5.21. The first-order valence-electron chi connectivity index (χ1n) is 3.54. The van der Waals surface area contributed by atoms with Gasteiger partial charge in [0, 0.05) is 13.2 Å². The third kappa shape index (κ3) is 1.66. The maximum absolute atomic E-state index is 5.66. The highest BCUT2D eigenvalue weighted by atomic mass is 16.5. The minimum atomic E-state index is 0.197. The normalized spacial score (nSPS) is 25.7. The van der Waals surface area contributed by atoms with Crippen molar-refractivity contribution >= 4 is 0 Å². The predicted octanol–water partition coefficient (Wildman–Crippen LogP) is 0.759. The summed E-state index contributed by atoms with van der Waals surface area (Å²) in [6.07, 6.45) is 2.92. The zero-order chi connectivity index (χ0) is 6.85. The average Bonchev–Trinajstić information content (AvgIpc) is 2.50. The van der Waals surface area contributed by atoms with Gasteiger partial charge >= 0.3 is 0 Å². The van der Waals surface area contributed by atoms with Crippen LogP contribution in [0.25, 0.3) is 0 Å². The summed E-state index contributed by atoms with van der Waals surface area (Å²) in [7, 11) is 1.74. The molecule has 1 aliphatic rings. The average molecular weight is 129 g/mol. The fourth-order valence-corrected chi connectivity index (χ4v) is 1.26. The van der Waals surface area contributed by atoms with Gasteiger partial charge in [-0.1, -0.05) is 0 Å². The van der Waals surface area contributed by atoms with Crippen LogP contribution in [0.4, 0.5) is 0 Å². The highest BCUT2D eigenvalue weighted by molar-refractivity contribution is 4.86. The molecule has 1 rings (SSSR count). The van der Waals surface area contributed by atoms with Crippen LogP contribution in [0.2, 0.25) is 0 Å². The first kappa shape index (κ1) is 7.03. The minimum absolute atomic E-state index is 0.197. The lowest BCUT2D eigenvalue weighted by atomic mass is 10.1. The molecule has 0 aromatic rings. The summed E-state index contributed by atoms with van der Waals surface area (Å²) >= 11 is 0. The highest BCUT2D eigenvalue weighted by Gasteiger charge is 2.33. The molecule has 1 aliphatic carbocycles. The molecule has 1 saturated carbocycles. The molecule has 2 N–H and O–H groups in total. The van der Waals surface area contributed by atoms with E-state index in [0.717, 1.165) is 5.92 Å². The van der Waals surface area contributed by atoms with Crippen molar-refractivity contribution in [2.45, 2.75) is 31.9 Å². The monoisotopic (exact) mass is 129 g/mol. The van der Waals surface area contributed by atoms with Gasteiger partial charge in [0.1, 0.15) is 0 Å². The van der Waals surface area contributed by atoms with Crippen LogP contribution >= 0.6 is 0 Å². The third-order valence-corrected chi connectivity index (χ3v) is 1.88. The van der Waals surface area contributed by atoms with Crippen LogP contribution in [0.5, 0.6) is 0 Å². The van der Waals surface area contributed by atoms with Crippen molar-refractivity contribution < 1.29 is 4.74 Å². The summed E-state index contributed by atoms with van der Waals surface area (Å²) in [5.74, 6) is 0.759. The maximum atomic E-state index is 5.66. The smallest absolute Gasteiger partial charge is 0.0747 e. The molecule has 2 atom stereocenters. The minimum Gasteiger partial charge on any atom is -0.380 e. The van der Waals surface area contributed by atoms with E-state index in [9.17, 15) is 0 Å². The largest absolute Gasteiger partial charge is 0.380 e. The molecule has 0 amide bonds. The molecule has 54 valence electrons. The van der Waals surface area contributed by atoms with E-state index in [1.54, 1.807) is 7.11 Å². The fourth-order valence-electron chi connectivity index (χ4n) is 1.26. The Balaban J connectivity index is 2.28. The van der Waals surface area contributed by atoms with Gasteiger partial charge in [-0.25, -0.2) is 0 Å². The molecule has 0 radical (unpaired) electrons. The van der Waals surface area contributed by atoms with Crippen molar-refractivity contribution in [1.29, 1.82) is 0 Å². The molecule has 9 heavy (non-hydrogen) atoms. The second-order valence-corrected chi connectivity index (χ2v) is 2.90. The standard InChI is InChI=1S/C7H15NO/c1-5(8)7(9-2)6-3-4-6/h5-7H,3-4,8H2,1-2H3/t5-,7+/m0/s1. The Morgan fingerprint density at radius 1 is 1.56 bits per heavy atom. The Bertz CT molecular complexity index is 86.9. The van der Waals surface area contributed by atoms with Gasteiger partial charge in [-0.2, -0.15) is 0 Å². The van der Waals surface area contributed by atoms with Crippen molar-refractivity contribution in [2.24, 2.45) is 11.7 Å². The van der Waals surface area contributed by atoms with Gasteiger partial charge in [0.05, 0.1) is 6.10 Å². The number of rotatable bonds is 3. The summed E-state index contributed by atoms with van der Waals surface area (Å²) in [5.41, 5.74) is 5.66. The van der Waals surface area contributed by atoms with Crippen LogP contribution in [-0.2, 0) is 4.74 Å². The number of nitrogens with two attached hydrogens (primary N) is 1. The Kier molecular flexibility index (Phi) is 2.09. The zero-order valence-corrected chi connectivity index (χ0v) is 6.13. The topological polar surface area (TPSA) is 35.2 Å². The van der Waals surface area contributed by atoms with Crippen molar-refractivity contribution in [1.82, 2.24) is 0 Å². The highest BCUT2D eigenvalue weighted by Crippen LogP contribution is 2.34. The van der Waals surface area contributed by atoms with Crippen LogP contribution in [-0.4, -0.2) is 19.3 Å². The molecule has 2 nitrogen and oxygen atoms in total. The Morgan fingerprint density at radius 3 is 2.22 bits per heavy atom. The first-order chi connectivity index (χ1) is 4.25. The molecule has 0 bridgehead atoms. The predicted molar refractivity (Wildman–Crippen MR) is 37.2 cm³/mol. The van der Waals surface area contributed by atoms with Crippen LogP contribution in [0.1, 0.15) is 19.8 Å². The second-order valence-electron chi connectivity index (χ2n) is 2.90. The van der Waals surface area contributed by atoms with E-state index in [1.165, 1.54) is 12.8 Å². The Morgan fingerprint density at radius 2 is 2.11 bits per heavy atom. The van der Waals surface area contributed by atoms with Crippen LogP contribution in [0, 0.1) is 5.92 Å². The molecule has 0 aromatic heterocycles. The lowest BCUT2D eigenvalue weighted by molar-refractivity contribution is 0.0675. The Labute approximate surface area is 56.4 Å². The van der Waals surface area contributed by atoms with Gasteiger partial charge in [-0.05, 0) is 25.7 Å². The molecule has 0 aliphatic heterocycles. The van der Waals surface area contributed by atoms with E-state index < -0.39 is 0 Å². The molecule has 0 saturated heterocycles. The molecule has 2 heteroatoms. The van der Waals surface area contributed by atoms with Crippen molar-refractivity contribution in [3.63, 3.8) is 0 Å². The molecule has 0 heterocycles. The van der Waals surface area contributed by atoms with Crippen molar-refractivity contribution in [3.05, 3.63) is 0 Å². The molecular weight excluding hydrogens is 114 g/mol. The van der Waals surface area contributed by atoms with Gasteiger partial charge in [0.15, 0.2) is 0 Å². The summed E-state index contributed by atoms with van der Waals surface area (Å²) in [6.45, 7) is 2.01. The second kappa shape index (κ2) is 2.67. The number of ether oxygens (including phenoxy) is 1. The van der Waals surface area contributed by atoms with E-state index in [-0.39, 0.29) is 6.04 Å². The Hall–Kier alpha value is -0.0800. The quantitative estimate of drug-likeness (QED) is 0.610. The fraction of sp³-hybridized carbons (Fsp3) is 1.00. The number of methoxy groups -OCH3 is 1.